The summed E-state index contributed by atoms with van der Waals surface area (Å²) in [6.45, 7) is 12.3. The first kappa shape index (κ1) is 25.2. The molecule has 0 bridgehead atoms. The van der Waals surface area contributed by atoms with Gasteiger partial charge < -0.3 is 14.4 Å². The van der Waals surface area contributed by atoms with Crippen LogP contribution < -0.4 is 0 Å². The number of nitrogens with zero attached hydrogens (tertiary/aromatic N) is 1. The molecule has 161 valence electrons. The molecule has 0 aromatic heterocycles. The van der Waals surface area contributed by atoms with Crippen LogP contribution in [-0.4, -0.2) is 51.4 Å². The van der Waals surface area contributed by atoms with E-state index < -0.39 is 16.3 Å². The Morgan fingerprint density at radius 3 is 2.10 bits per heavy atom. The molecule has 6 heteroatoms. The number of hydrogen-bond donors (Lipinski definition) is 0. The molecule has 0 aliphatic rings. The average molecular weight is 402 g/mol. The van der Waals surface area contributed by atoms with Crippen molar-refractivity contribution in [2.45, 2.75) is 65.2 Å². The zero-order valence-corrected chi connectivity index (χ0v) is 19.4. The summed E-state index contributed by atoms with van der Waals surface area (Å²) in [4.78, 5) is 27.5. The fourth-order valence-corrected chi connectivity index (χ4v) is 2.69. The Morgan fingerprint density at radius 2 is 1.59 bits per heavy atom. The lowest BCUT2D eigenvalue weighted by Gasteiger charge is -2.33. The zero-order valence-electron chi connectivity index (χ0n) is 19.4. The number of esters is 2. The van der Waals surface area contributed by atoms with Crippen LogP contribution in [-0.2, 0) is 24.7 Å². The number of carbonyl (C=O) groups is 2. The number of likely N-dealkylation sites (N-methyl/N-ethyl adjacent to an activating group) is 1. The van der Waals surface area contributed by atoms with Gasteiger partial charge in [-0.2, -0.15) is 0 Å². The highest BCUT2D eigenvalue weighted by molar-refractivity contribution is 6.47. The summed E-state index contributed by atoms with van der Waals surface area (Å²) in [5.41, 5.74) is -0.544. The van der Waals surface area contributed by atoms with Gasteiger partial charge >= 0.3 is 11.9 Å². The maximum absolute atomic E-state index is 12.9. The monoisotopic (exact) mass is 402 g/mol. The Morgan fingerprint density at radius 1 is 1.00 bits per heavy atom. The van der Waals surface area contributed by atoms with Crippen molar-refractivity contribution in [1.29, 1.82) is 0 Å². The Kier molecular flexibility index (Phi) is 8.95. The minimum atomic E-state index is -0.758. The molecule has 0 fully saturated rings. The van der Waals surface area contributed by atoms with Crippen molar-refractivity contribution >= 4 is 19.2 Å². The minimum absolute atomic E-state index is 0.254. The Balaban J connectivity index is 2.73. The molecule has 1 unspecified atom stereocenters. The van der Waals surface area contributed by atoms with E-state index in [0.717, 1.165) is 5.56 Å². The largest absolute Gasteiger partial charge is 0.464 e. The normalized spacial score (nSPS) is 14.2. The topological polar surface area (TPSA) is 55.8 Å². The van der Waals surface area contributed by atoms with Crippen LogP contribution >= 0.6 is 0 Å². The third-order valence-electron chi connectivity index (χ3n) is 5.40. The van der Waals surface area contributed by atoms with Gasteiger partial charge in [0.25, 0.3) is 0 Å². The van der Waals surface area contributed by atoms with Gasteiger partial charge in [0.1, 0.15) is 19.5 Å². The van der Waals surface area contributed by atoms with Crippen molar-refractivity contribution in [2.24, 2.45) is 5.41 Å². The standard InChI is InChI=1S/C23H37BNO4/c1-9-23(6,20(27)28-16-15-25(7)8)24-17-21(2,3)19(26)29-22(4,5)18-13-11-10-12-14-18/h10-14H,9,15-17H2,1-8H3. The van der Waals surface area contributed by atoms with Crippen LogP contribution in [0.5, 0.6) is 0 Å². The second-order valence-electron chi connectivity index (χ2n) is 9.27. The summed E-state index contributed by atoms with van der Waals surface area (Å²) in [5.74, 6) is -0.544. The summed E-state index contributed by atoms with van der Waals surface area (Å²) in [6.07, 6.45) is 1.03. The first-order valence-corrected chi connectivity index (χ1v) is 10.3. The fraction of sp³-hybridized carbons (Fsp3) is 0.652. The summed E-state index contributed by atoms with van der Waals surface area (Å²) >= 11 is 0. The molecule has 0 spiro atoms. The van der Waals surface area contributed by atoms with E-state index in [1.807, 2.05) is 98.1 Å². The molecule has 1 aromatic carbocycles. The second kappa shape index (κ2) is 10.3. The van der Waals surface area contributed by atoms with E-state index in [9.17, 15) is 9.59 Å². The second-order valence-corrected chi connectivity index (χ2v) is 9.27. The minimum Gasteiger partial charge on any atom is -0.464 e. The van der Waals surface area contributed by atoms with Crippen LogP contribution in [0.1, 0.15) is 53.5 Å². The molecule has 1 rings (SSSR count). The van der Waals surface area contributed by atoms with Crippen LogP contribution in [0.3, 0.4) is 0 Å². The number of rotatable bonds is 11. The van der Waals surface area contributed by atoms with Gasteiger partial charge in [-0.3, -0.25) is 9.59 Å². The van der Waals surface area contributed by atoms with E-state index in [1.165, 1.54) is 0 Å². The predicted octanol–water partition coefficient (Wildman–Crippen LogP) is 4.31. The van der Waals surface area contributed by atoms with E-state index in [2.05, 4.69) is 0 Å². The van der Waals surface area contributed by atoms with Crippen LogP contribution in [0, 0.1) is 5.41 Å². The van der Waals surface area contributed by atoms with E-state index in [1.54, 1.807) is 0 Å². The molecule has 1 aromatic rings. The predicted molar refractivity (Wildman–Crippen MR) is 118 cm³/mol. The number of benzene rings is 1. The number of ether oxygens (including phenoxy) is 2. The van der Waals surface area contributed by atoms with Gasteiger partial charge in [-0.25, -0.2) is 0 Å². The lowest BCUT2D eigenvalue weighted by atomic mass is 9.46. The van der Waals surface area contributed by atoms with Gasteiger partial charge in [0.2, 0.25) is 0 Å². The summed E-state index contributed by atoms with van der Waals surface area (Å²) < 4.78 is 11.3. The molecule has 5 nitrogen and oxygen atoms in total. The smallest absolute Gasteiger partial charge is 0.311 e. The lowest BCUT2D eigenvalue weighted by Crippen LogP contribution is -2.38. The van der Waals surface area contributed by atoms with Crippen molar-refractivity contribution in [3.63, 3.8) is 0 Å². The first-order chi connectivity index (χ1) is 13.3. The van der Waals surface area contributed by atoms with Crippen LogP contribution in [0.15, 0.2) is 30.3 Å². The fourth-order valence-electron chi connectivity index (χ4n) is 2.69. The Hall–Kier alpha value is -1.82. The van der Waals surface area contributed by atoms with Crippen molar-refractivity contribution < 1.29 is 19.1 Å². The maximum atomic E-state index is 12.9. The third kappa shape index (κ3) is 7.50. The number of carbonyl (C=O) groups excluding carboxylic acids is 2. The van der Waals surface area contributed by atoms with E-state index >= 15 is 0 Å². The molecule has 0 heterocycles. The Bertz CT molecular complexity index is 673. The van der Waals surface area contributed by atoms with Gasteiger partial charge in [0.05, 0.1) is 5.41 Å². The molecule has 0 aliphatic heterocycles. The summed E-state index contributed by atoms with van der Waals surface area (Å²) in [5, 5.41) is -0.737. The van der Waals surface area contributed by atoms with Gasteiger partial charge in [-0.05, 0) is 39.9 Å². The average Bonchev–Trinajstić information content (AvgIpc) is 2.66. The van der Waals surface area contributed by atoms with Crippen molar-refractivity contribution in [1.82, 2.24) is 4.90 Å². The van der Waals surface area contributed by atoms with E-state index in [-0.39, 0.29) is 11.9 Å². The SMILES string of the molecule is CCC(C)([B]CC(C)(C)C(=O)OC(C)(C)c1ccccc1)C(=O)OCCN(C)C. The van der Waals surface area contributed by atoms with Gasteiger partial charge in [0.15, 0.2) is 0 Å². The third-order valence-corrected chi connectivity index (χ3v) is 5.40. The Labute approximate surface area is 177 Å². The molecule has 0 saturated heterocycles. The molecule has 0 aliphatic carbocycles. The molecular formula is C23H37BNO4. The zero-order chi connectivity index (χ0) is 22.3. The summed E-state index contributed by atoms with van der Waals surface area (Å²) in [6, 6.07) is 9.69. The summed E-state index contributed by atoms with van der Waals surface area (Å²) in [7, 11) is 5.77. The van der Waals surface area contributed by atoms with Crippen molar-refractivity contribution in [2.75, 3.05) is 27.2 Å². The van der Waals surface area contributed by atoms with Crippen LogP contribution in [0.4, 0.5) is 0 Å². The molecule has 1 radical (unpaired) electrons. The molecule has 0 saturated carbocycles. The van der Waals surface area contributed by atoms with Gasteiger partial charge in [-0.15, -0.1) is 0 Å². The first-order valence-electron chi connectivity index (χ1n) is 10.3. The number of hydrogen-bond acceptors (Lipinski definition) is 5. The molecule has 0 amide bonds. The van der Waals surface area contributed by atoms with E-state index in [4.69, 9.17) is 9.47 Å². The molecule has 29 heavy (non-hydrogen) atoms. The van der Waals surface area contributed by atoms with Gasteiger partial charge in [0, 0.05) is 11.9 Å². The van der Waals surface area contributed by atoms with Crippen LogP contribution in [0.25, 0.3) is 0 Å². The van der Waals surface area contributed by atoms with Crippen LogP contribution in [0.2, 0.25) is 11.6 Å². The van der Waals surface area contributed by atoms with Crippen molar-refractivity contribution in [3.8, 4) is 0 Å². The highest BCUT2D eigenvalue weighted by Gasteiger charge is 2.40. The highest BCUT2D eigenvalue weighted by Crippen LogP contribution is 2.37. The molecule has 1 atom stereocenters. The quantitative estimate of drug-likeness (QED) is 0.408. The molecular weight excluding hydrogens is 365 g/mol. The maximum Gasteiger partial charge on any atom is 0.311 e. The highest BCUT2D eigenvalue weighted by atomic mass is 16.6. The molecule has 0 N–H and O–H groups in total. The van der Waals surface area contributed by atoms with Gasteiger partial charge in [-0.1, -0.05) is 64.3 Å². The van der Waals surface area contributed by atoms with Crippen molar-refractivity contribution in [3.05, 3.63) is 35.9 Å². The van der Waals surface area contributed by atoms with E-state index in [0.29, 0.717) is 25.9 Å². The lowest BCUT2D eigenvalue weighted by molar-refractivity contribution is -0.167.